The van der Waals surface area contributed by atoms with Crippen LogP contribution in [-0.4, -0.2) is 18.4 Å². The molecule has 4 rings (SSSR count). The number of hydrogen-bond acceptors (Lipinski definition) is 3. The largest absolute Gasteiger partial charge is 0.416 e. The molecule has 3 aromatic carbocycles. The van der Waals surface area contributed by atoms with Crippen molar-refractivity contribution < 1.29 is 27.2 Å². The molecule has 4 aromatic rings. The van der Waals surface area contributed by atoms with E-state index in [-0.39, 0.29) is 18.5 Å². The van der Waals surface area contributed by atoms with Crippen LogP contribution in [0, 0.1) is 5.82 Å². The van der Waals surface area contributed by atoms with E-state index in [0.717, 1.165) is 22.4 Å². The van der Waals surface area contributed by atoms with Gasteiger partial charge in [0.1, 0.15) is 5.82 Å². The molecule has 0 saturated carbocycles. The van der Waals surface area contributed by atoms with Crippen LogP contribution < -0.4 is 11.1 Å². The van der Waals surface area contributed by atoms with Crippen LogP contribution in [0.15, 0.2) is 66.7 Å². The van der Waals surface area contributed by atoms with Gasteiger partial charge in [-0.2, -0.15) is 13.2 Å². The van der Waals surface area contributed by atoms with Crippen molar-refractivity contribution in [2.45, 2.75) is 12.6 Å². The van der Waals surface area contributed by atoms with Gasteiger partial charge in [-0.25, -0.2) is 4.39 Å². The van der Waals surface area contributed by atoms with Crippen LogP contribution in [0.2, 0.25) is 0 Å². The van der Waals surface area contributed by atoms with E-state index in [1.54, 1.807) is 24.3 Å². The minimum Gasteiger partial charge on any atom is -0.368 e. The fraction of sp³-hybridized carbons (Fsp3) is 0.120. The first-order valence-electron chi connectivity index (χ1n) is 10.2. The van der Waals surface area contributed by atoms with Gasteiger partial charge in [-0.3, -0.25) is 9.59 Å². The Bertz CT molecular complexity index is 1400. The molecule has 0 aliphatic carbocycles. The van der Waals surface area contributed by atoms with E-state index in [1.165, 1.54) is 35.6 Å². The Balaban J connectivity index is 1.69. The number of rotatable bonds is 6. The Morgan fingerprint density at radius 3 is 2.47 bits per heavy atom. The van der Waals surface area contributed by atoms with Crippen LogP contribution in [0.5, 0.6) is 0 Å². The van der Waals surface area contributed by atoms with E-state index >= 15 is 0 Å². The van der Waals surface area contributed by atoms with Crippen LogP contribution in [0.3, 0.4) is 0 Å². The van der Waals surface area contributed by atoms with Crippen LogP contribution in [-0.2, 0) is 17.4 Å². The van der Waals surface area contributed by atoms with Gasteiger partial charge < -0.3 is 11.1 Å². The Morgan fingerprint density at radius 1 is 0.971 bits per heavy atom. The standard InChI is InChI=1S/C25H18F4N2O2S/c26-20-8-7-16-12-19(10-14-3-1-6-18(9-14)25(27,28)29)34-23(16)22(20)15-4-2-5-17(11-15)24(33)31-13-21(30)32/h1-9,11-12H,10,13H2,(H2,30,32)(H,31,33). The van der Waals surface area contributed by atoms with Gasteiger partial charge in [-0.05, 0) is 46.8 Å². The van der Waals surface area contributed by atoms with Crippen molar-refractivity contribution >= 4 is 33.2 Å². The molecule has 174 valence electrons. The molecule has 3 N–H and O–H groups in total. The van der Waals surface area contributed by atoms with Gasteiger partial charge in [0.15, 0.2) is 0 Å². The van der Waals surface area contributed by atoms with E-state index < -0.39 is 29.4 Å². The van der Waals surface area contributed by atoms with Gasteiger partial charge >= 0.3 is 6.18 Å². The summed E-state index contributed by atoms with van der Waals surface area (Å²) >= 11 is 1.29. The van der Waals surface area contributed by atoms with Crippen molar-refractivity contribution in [2.75, 3.05) is 6.54 Å². The number of halogens is 4. The van der Waals surface area contributed by atoms with Gasteiger partial charge in [-0.15, -0.1) is 11.3 Å². The number of nitrogens with two attached hydrogens (primary N) is 1. The SMILES string of the molecule is NC(=O)CNC(=O)c1cccc(-c2c(F)ccc3cc(Cc4cccc(C(F)(F)F)c4)sc23)c1. The maximum Gasteiger partial charge on any atom is 0.416 e. The smallest absolute Gasteiger partial charge is 0.368 e. The highest BCUT2D eigenvalue weighted by molar-refractivity contribution is 7.19. The Labute approximate surface area is 196 Å². The summed E-state index contributed by atoms with van der Waals surface area (Å²) in [5.74, 6) is -1.70. The first-order valence-corrected chi connectivity index (χ1v) is 11.0. The molecule has 0 unspecified atom stereocenters. The van der Waals surface area contributed by atoms with Crippen molar-refractivity contribution in [2.24, 2.45) is 5.73 Å². The monoisotopic (exact) mass is 486 g/mol. The highest BCUT2D eigenvalue weighted by Gasteiger charge is 2.30. The maximum atomic E-state index is 14.9. The molecule has 0 atom stereocenters. The highest BCUT2D eigenvalue weighted by Crippen LogP contribution is 2.38. The van der Waals surface area contributed by atoms with Gasteiger partial charge in [-0.1, -0.05) is 36.4 Å². The topological polar surface area (TPSA) is 72.2 Å². The molecule has 0 fully saturated rings. The number of thiophene rings is 1. The van der Waals surface area contributed by atoms with Crippen LogP contribution in [0.4, 0.5) is 17.6 Å². The number of alkyl halides is 3. The molecule has 34 heavy (non-hydrogen) atoms. The van der Waals surface area contributed by atoms with Gasteiger partial charge in [0.25, 0.3) is 5.91 Å². The van der Waals surface area contributed by atoms with E-state index in [2.05, 4.69) is 5.32 Å². The van der Waals surface area contributed by atoms with Crippen molar-refractivity contribution in [1.29, 1.82) is 0 Å². The molecular weight excluding hydrogens is 468 g/mol. The highest BCUT2D eigenvalue weighted by atomic mass is 32.1. The zero-order valence-corrected chi connectivity index (χ0v) is 18.4. The second-order valence-corrected chi connectivity index (χ2v) is 8.79. The number of nitrogens with one attached hydrogen (secondary N) is 1. The summed E-state index contributed by atoms with van der Waals surface area (Å²) in [5, 5.41) is 3.13. The summed E-state index contributed by atoms with van der Waals surface area (Å²) in [6.45, 7) is -0.323. The summed E-state index contributed by atoms with van der Waals surface area (Å²) in [5.41, 5.74) is 5.82. The second-order valence-electron chi connectivity index (χ2n) is 7.66. The molecule has 0 saturated heterocycles. The van der Waals surface area contributed by atoms with E-state index in [1.807, 2.05) is 6.07 Å². The first kappa shape index (κ1) is 23.4. The van der Waals surface area contributed by atoms with E-state index in [9.17, 15) is 27.2 Å². The Morgan fingerprint density at radius 2 is 1.74 bits per heavy atom. The van der Waals surface area contributed by atoms with Crippen molar-refractivity contribution in [3.8, 4) is 11.1 Å². The average Bonchev–Trinajstić information content (AvgIpc) is 3.19. The minimum atomic E-state index is -4.43. The summed E-state index contributed by atoms with van der Waals surface area (Å²) in [4.78, 5) is 24.0. The molecule has 0 bridgehead atoms. The fourth-order valence-corrected chi connectivity index (χ4v) is 4.88. The Kier molecular flexibility index (Phi) is 6.39. The maximum absolute atomic E-state index is 14.9. The number of primary amides is 1. The number of carbonyl (C=O) groups excluding carboxylic acids is 2. The van der Waals surface area contributed by atoms with Crippen molar-refractivity contribution in [3.63, 3.8) is 0 Å². The predicted octanol–water partition coefficient (Wildman–Crippen LogP) is 5.53. The van der Waals surface area contributed by atoms with Crippen molar-refractivity contribution in [3.05, 3.63) is 94.1 Å². The zero-order valence-electron chi connectivity index (χ0n) is 17.6. The number of amides is 2. The summed E-state index contributed by atoms with van der Waals surface area (Å²) < 4.78 is 54.7. The van der Waals surface area contributed by atoms with E-state index in [0.29, 0.717) is 21.4 Å². The lowest BCUT2D eigenvalue weighted by Gasteiger charge is -2.08. The Hall–Kier alpha value is -3.72. The predicted molar refractivity (Wildman–Crippen MR) is 123 cm³/mol. The van der Waals surface area contributed by atoms with Crippen LogP contribution in [0.25, 0.3) is 21.2 Å². The number of carbonyl (C=O) groups is 2. The molecule has 9 heteroatoms. The molecular formula is C25H18F4N2O2S. The van der Waals surface area contributed by atoms with Crippen LogP contribution >= 0.6 is 11.3 Å². The lowest BCUT2D eigenvalue weighted by molar-refractivity contribution is -0.137. The molecule has 0 aliphatic rings. The third-order valence-corrected chi connectivity index (χ3v) is 6.32. The summed E-state index contributed by atoms with van der Waals surface area (Å²) in [7, 11) is 0. The number of benzene rings is 3. The summed E-state index contributed by atoms with van der Waals surface area (Å²) in [6, 6.07) is 16.2. The normalized spacial score (nSPS) is 11.5. The van der Waals surface area contributed by atoms with Gasteiger partial charge in [0.2, 0.25) is 5.91 Å². The van der Waals surface area contributed by atoms with Gasteiger partial charge in [0.05, 0.1) is 12.1 Å². The number of fused-ring (bicyclic) bond motifs is 1. The third-order valence-electron chi connectivity index (χ3n) is 5.16. The molecule has 1 heterocycles. The molecule has 0 radical (unpaired) electrons. The minimum absolute atomic E-state index is 0.232. The molecule has 2 amide bonds. The van der Waals surface area contributed by atoms with Gasteiger partial charge in [0, 0.05) is 27.1 Å². The third kappa shape index (κ3) is 5.09. The summed E-state index contributed by atoms with van der Waals surface area (Å²) in [6.07, 6.45) is -4.17. The van der Waals surface area contributed by atoms with E-state index in [4.69, 9.17) is 5.73 Å². The number of hydrogen-bond donors (Lipinski definition) is 2. The lowest BCUT2D eigenvalue weighted by Crippen LogP contribution is -2.33. The fourth-order valence-electron chi connectivity index (χ4n) is 3.63. The molecule has 4 nitrogen and oxygen atoms in total. The lowest BCUT2D eigenvalue weighted by atomic mass is 10.0. The first-order chi connectivity index (χ1) is 16.1. The average molecular weight is 486 g/mol. The molecule has 1 aromatic heterocycles. The van der Waals surface area contributed by atoms with Crippen molar-refractivity contribution in [1.82, 2.24) is 5.32 Å². The molecule has 0 aliphatic heterocycles. The molecule has 0 spiro atoms. The zero-order chi connectivity index (χ0) is 24.5. The second kappa shape index (κ2) is 9.26. The van der Waals surface area contributed by atoms with Crippen LogP contribution in [0.1, 0.15) is 26.4 Å². The quantitative estimate of drug-likeness (QED) is 0.352.